The molecule has 0 aromatic carbocycles. The number of amidine groups is 1. The summed E-state index contributed by atoms with van der Waals surface area (Å²) in [5.41, 5.74) is 6.82. The standard InChI is InChI=1S/C12H19N5O2/c1-8-7-10(11(13)16-18)15-12(14-8)17(5-6-19-2)9-3-4-9/h7,9,18H,3-6H2,1-2H3,(H2,13,16). The van der Waals surface area contributed by atoms with Gasteiger partial charge in [0, 0.05) is 25.4 Å². The summed E-state index contributed by atoms with van der Waals surface area (Å²) in [6, 6.07) is 2.16. The van der Waals surface area contributed by atoms with Gasteiger partial charge in [0.15, 0.2) is 5.84 Å². The molecule has 7 nitrogen and oxygen atoms in total. The van der Waals surface area contributed by atoms with E-state index in [1.165, 1.54) is 0 Å². The summed E-state index contributed by atoms with van der Waals surface area (Å²) in [4.78, 5) is 10.9. The number of anilines is 1. The van der Waals surface area contributed by atoms with E-state index in [1.54, 1.807) is 13.2 Å². The van der Waals surface area contributed by atoms with Crippen LogP contribution in [0.3, 0.4) is 0 Å². The fourth-order valence-corrected chi connectivity index (χ4v) is 1.89. The van der Waals surface area contributed by atoms with Gasteiger partial charge in [0.05, 0.1) is 6.61 Å². The predicted octanol–water partition coefficient (Wildman–Crippen LogP) is 0.495. The van der Waals surface area contributed by atoms with Crippen LogP contribution in [0.5, 0.6) is 0 Å². The minimum Gasteiger partial charge on any atom is -0.409 e. The van der Waals surface area contributed by atoms with E-state index in [4.69, 9.17) is 15.7 Å². The fraction of sp³-hybridized carbons (Fsp3) is 0.583. The highest BCUT2D eigenvalue weighted by Crippen LogP contribution is 2.29. The molecule has 0 radical (unpaired) electrons. The quantitative estimate of drug-likeness (QED) is 0.336. The van der Waals surface area contributed by atoms with Crippen molar-refractivity contribution in [2.24, 2.45) is 10.9 Å². The van der Waals surface area contributed by atoms with Crippen molar-refractivity contribution in [1.82, 2.24) is 9.97 Å². The number of hydrogen-bond acceptors (Lipinski definition) is 6. The molecule has 2 rings (SSSR count). The minimum atomic E-state index is -0.00533. The van der Waals surface area contributed by atoms with Crippen LogP contribution in [-0.2, 0) is 4.74 Å². The van der Waals surface area contributed by atoms with E-state index < -0.39 is 0 Å². The van der Waals surface area contributed by atoms with Crippen LogP contribution in [0.15, 0.2) is 11.2 Å². The third kappa shape index (κ3) is 3.31. The molecule has 104 valence electrons. The maximum absolute atomic E-state index is 8.74. The molecule has 7 heteroatoms. The van der Waals surface area contributed by atoms with Crippen LogP contribution in [0.2, 0.25) is 0 Å². The van der Waals surface area contributed by atoms with E-state index in [2.05, 4.69) is 20.0 Å². The maximum Gasteiger partial charge on any atom is 0.226 e. The summed E-state index contributed by atoms with van der Waals surface area (Å²) in [5, 5.41) is 11.7. The van der Waals surface area contributed by atoms with E-state index in [0.717, 1.165) is 25.1 Å². The number of nitrogens with two attached hydrogens (primary N) is 1. The average Bonchev–Trinajstić information content (AvgIpc) is 3.22. The van der Waals surface area contributed by atoms with Crippen molar-refractivity contribution in [3.8, 4) is 0 Å². The number of ether oxygens (including phenoxy) is 1. The van der Waals surface area contributed by atoms with E-state index in [9.17, 15) is 0 Å². The van der Waals surface area contributed by atoms with E-state index >= 15 is 0 Å². The topological polar surface area (TPSA) is 96.9 Å². The molecule has 0 bridgehead atoms. The van der Waals surface area contributed by atoms with Crippen molar-refractivity contribution in [3.05, 3.63) is 17.5 Å². The third-order valence-corrected chi connectivity index (χ3v) is 2.99. The summed E-state index contributed by atoms with van der Waals surface area (Å²) < 4.78 is 5.12. The lowest BCUT2D eigenvalue weighted by Crippen LogP contribution is -2.32. The molecule has 0 amide bonds. The first-order valence-corrected chi connectivity index (χ1v) is 6.25. The third-order valence-electron chi connectivity index (χ3n) is 2.99. The van der Waals surface area contributed by atoms with Gasteiger partial charge in [-0.25, -0.2) is 9.97 Å². The Kier molecular flexibility index (Phi) is 4.16. The Morgan fingerprint density at radius 3 is 2.89 bits per heavy atom. The van der Waals surface area contributed by atoms with Crippen molar-refractivity contribution in [2.45, 2.75) is 25.8 Å². The second-order valence-corrected chi connectivity index (χ2v) is 4.60. The van der Waals surface area contributed by atoms with Gasteiger partial charge in [-0.15, -0.1) is 0 Å². The van der Waals surface area contributed by atoms with Crippen molar-refractivity contribution in [1.29, 1.82) is 0 Å². The van der Waals surface area contributed by atoms with E-state index in [0.29, 0.717) is 24.3 Å². The molecule has 0 spiro atoms. The Morgan fingerprint density at radius 1 is 1.58 bits per heavy atom. The predicted molar refractivity (Wildman–Crippen MR) is 71.5 cm³/mol. The number of aromatic nitrogens is 2. The van der Waals surface area contributed by atoms with E-state index in [1.807, 2.05) is 6.92 Å². The molecule has 1 aromatic rings. The smallest absolute Gasteiger partial charge is 0.226 e. The first-order chi connectivity index (χ1) is 9.15. The van der Waals surface area contributed by atoms with Gasteiger partial charge in [0.2, 0.25) is 5.95 Å². The molecule has 1 saturated carbocycles. The lowest BCUT2D eigenvalue weighted by Gasteiger charge is -2.22. The Morgan fingerprint density at radius 2 is 2.32 bits per heavy atom. The van der Waals surface area contributed by atoms with Gasteiger partial charge >= 0.3 is 0 Å². The van der Waals surface area contributed by atoms with Crippen LogP contribution < -0.4 is 10.6 Å². The van der Waals surface area contributed by atoms with Gasteiger partial charge in [-0.1, -0.05) is 5.16 Å². The monoisotopic (exact) mass is 265 g/mol. The molecule has 1 aliphatic rings. The van der Waals surface area contributed by atoms with Gasteiger partial charge in [-0.3, -0.25) is 0 Å². The second kappa shape index (κ2) is 5.83. The Labute approximate surface area is 112 Å². The Bertz CT molecular complexity index is 473. The van der Waals surface area contributed by atoms with Crippen LogP contribution >= 0.6 is 0 Å². The highest BCUT2D eigenvalue weighted by molar-refractivity contribution is 5.95. The zero-order chi connectivity index (χ0) is 13.8. The van der Waals surface area contributed by atoms with Crippen LogP contribution in [-0.4, -0.2) is 47.3 Å². The first kappa shape index (κ1) is 13.5. The molecular weight excluding hydrogens is 246 g/mol. The second-order valence-electron chi connectivity index (χ2n) is 4.60. The number of aryl methyl sites for hydroxylation is 1. The number of methoxy groups -OCH3 is 1. The molecule has 1 aromatic heterocycles. The number of oxime groups is 1. The minimum absolute atomic E-state index is 0.00533. The molecule has 0 atom stereocenters. The SMILES string of the molecule is COCCN(c1nc(C)cc(/C(N)=N/O)n1)C1CC1. The average molecular weight is 265 g/mol. The molecule has 0 aliphatic heterocycles. The van der Waals surface area contributed by atoms with Crippen LogP contribution in [0.25, 0.3) is 0 Å². The van der Waals surface area contributed by atoms with Gasteiger partial charge in [-0.05, 0) is 25.8 Å². The molecule has 19 heavy (non-hydrogen) atoms. The molecule has 3 N–H and O–H groups in total. The van der Waals surface area contributed by atoms with Gasteiger partial charge in [0.1, 0.15) is 5.69 Å². The normalized spacial score (nSPS) is 15.6. The molecule has 0 unspecified atom stereocenters. The molecule has 1 aliphatic carbocycles. The molecule has 0 saturated heterocycles. The molecule has 1 fully saturated rings. The van der Waals surface area contributed by atoms with Gasteiger partial charge < -0.3 is 20.6 Å². The largest absolute Gasteiger partial charge is 0.409 e. The number of hydrogen-bond donors (Lipinski definition) is 2. The van der Waals surface area contributed by atoms with E-state index in [-0.39, 0.29) is 5.84 Å². The summed E-state index contributed by atoms with van der Waals surface area (Å²) in [6.45, 7) is 3.22. The van der Waals surface area contributed by atoms with Crippen LogP contribution in [0.1, 0.15) is 24.2 Å². The number of nitrogens with zero attached hydrogens (tertiary/aromatic N) is 4. The van der Waals surface area contributed by atoms with Crippen molar-refractivity contribution >= 4 is 11.8 Å². The van der Waals surface area contributed by atoms with Crippen LogP contribution in [0, 0.1) is 6.92 Å². The van der Waals surface area contributed by atoms with Crippen molar-refractivity contribution in [2.75, 3.05) is 25.2 Å². The fourth-order valence-electron chi connectivity index (χ4n) is 1.89. The lowest BCUT2D eigenvalue weighted by molar-refractivity contribution is 0.204. The highest BCUT2D eigenvalue weighted by atomic mass is 16.5. The molecule has 1 heterocycles. The number of rotatable bonds is 6. The lowest BCUT2D eigenvalue weighted by atomic mass is 10.3. The van der Waals surface area contributed by atoms with Crippen molar-refractivity contribution in [3.63, 3.8) is 0 Å². The Hall–Kier alpha value is -1.89. The molecular formula is C12H19N5O2. The Balaban J connectivity index is 2.28. The summed E-state index contributed by atoms with van der Waals surface area (Å²) in [7, 11) is 1.67. The zero-order valence-corrected chi connectivity index (χ0v) is 11.2. The summed E-state index contributed by atoms with van der Waals surface area (Å²) >= 11 is 0. The highest BCUT2D eigenvalue weighted by Gasteiger charge is 2.31. The van der Waals surface area contributed by atoms with Gasteiger partial charge in [0.25, 0.3) is 0 Å². The van der Waals surface area contributed by atoms with Gasteiger partial charge in [-0.2, -0.15) is 0 Å². The van der Waals surface area contributed by atoms with Crippen molar-refractivity contribution < 1.29 is 9.94 Å². The first-order valence-electron chi connectivity index (χ1n) is 6.25. The van der Waals surface area contributed by atoms with Crippen LogP contribution in [0.4, 0.5) is 5.95 Å². The maximum atomic E-state index is 8.74. The summed E-state index contributed by atoms with van der Waals surface area (Å²) in [5.74, 6) is 0.607. The zero-order valence-electron chi connectivity index (χ0n) is 11.2. The summed E-state index contributed by atoms with van der Waals surface area (Å²) in [6.07, 6.45) is 2.28.